The predicted octanol–water partition coefficient (Wildman–Crippen LogP) is 3.53. The van der Waals surface area contributed by atoms with Gasteiger partial charge in [0.2, 0.25) is 0 Å². The molecule has 1 N–H and O–H groups in total. The van der Waals surface area contributed by atoms with Crippen LogP contribution in [0.2, 0.25) is 0 Å². The normalized spacial score (nSPS) is 25.6. The Hall–Kier alpha value is -1.04. The maximum atomic E-state index is 12.9. The number of hydrogen-bond donors (Lipinski definition) is 1. The second kappa shape index (κ2) is 6.16. The molecule has 1 aliphatic carbocycles. The fourth-order valence-electron chi connectivity index (χ4n) is 3.27. The molecule has 1 aliphatic rings. The van der Waals surface area contributed by atoms with Crippen LogP contribution in [0.5, 0.6) is 0 Å². The van der Waals surface area contributed by atoms with Gasteiger partial charge in [0, 0.05) is 18.9 Å². The molecule has 0 aliphatic heterocycles. The molecule has 3 atom stereocenters. The third-order valence-electron chi connectivity index (χ3n) is 4.33. The standard InChI is InChI=1S/C14H22F3N3/c1-3-20-8-7-19-13(20)12(18-2)10-5-4-6-11(9-10)14(15,16)17/h7-8,10-12,18H,3-6,9H2,1-2H3. The molecule has 1 fully saturated rings. The van der Waals surface area contributed by atoms with Crippen LogP contribution >= 0.6 is 0 Å². The Morgan fingerprint density at radius 2 is 2.20 bits per heavy atom. The number of aromatic nitrogens is 2. The fourth-order valence-corrected chi connectivity index (χ4v) is 3.27. The fraction of sp³-hybridized carbons (Fsp3) is 0.786. The van der Waals surface area contributed by atoms with E-state index in [0.29, 0.717) is 6.42 Å². The van der Waals surface area contributed by atoms with Gasteiger partial charge in [-0.25, -0.2) is 4.98 Å². The predicted molar refractivity (Wildman–Crippen MR) is 71.2 cm³/mol. The van der Waals surface area contributed by atoms with Crippen molar-refractivity contribution in [2.45, 2.75) is 51.4 Å². The van der Waals surface area contributed by atoms with Gasteiger partial charge in [-0.3, -0.25) is 0 Å². The van der Waals surface area contributed by atoms with Crippen LogP contribution in [0.25, 0.3) is 0 Å². The number of halogens is 3. The molecule has 0 amide bonds. The van der Waals surface area contributed by atoms with Crippen LogP contribution in [0.4, 0.5) is 13.2 Å². The second-order valence-electron chi connectivity index (χ2n) is 5.50. The number of nitrogens with zero attached hydrogens (tertiary/aromatic N) is 2. The molecule has 20 heavy (non-hydrogen) atoms. The number of hydrogen-bond acceptors (Lipinski definition) is 2. The van der Waals surface area contributed by atoms with Crippen LogP contribution in [0.15, 0.2) is 12.4 Å². The van der Waals surface area contributed by atoms with E-state index < -0.39 is 12.1 Å². The highest BCUT2D eigenvalue weighted by molar-refractivity contribution is 5.02. The first kappa shape index (κ1) is 15.4. The van der Waals surface area contributed by atoms with E-state index in [1.807, 2.05) is 17.7 Å². The van der Waals surface area contributed by atoms with E-state index in [1.54, 1.807) is 13.2 Å². The second-order valence-corrected chi connectivity index (χ2v) is 5.50. The Balaban J connectivity index is 2.15. The van der Waals surface area contributed by atoms with E-state index in [2.05, 4.69) is 10.3 Å². The summed E-state index contributed by atoms with van der Waals surface area (Å²) in [5.41, 5.74) is 0. The number of aryl methyl sites for hydroxylation is 1. The van der Waals surface area contributed by atoms with Crippen LogP contribution < -0.4 is 5.32 Å². The first-order chi connectivity index (χ1) is 9.47. The van der Waals surface area contributed by atoms with Gasteiger partial charge >= 0.3 is 6.18 Å². The summed E-state index contributed by atoms with van der Waals surface area (Å²) in [6.45, 7) is 2.79. The Morgan fingerprint density at radius 1 is 1.45 bits per heavy atom. The molecule has 114 valence electrons. The average Bonchev–Trinajstić information content (AvgIpc) is 2.87. The summed E-state index contributed by atoms with van der Waals surface area (Å²) < 4.78 is 40.8. The minimum Gasteiger partial charge on any atom is -0.334 e. The first-order valence-electron chi connectivity index (χ1n) is 7.22. The molecule has 0 aromatic carbocycles. The molecule has 2 rings (SSSR count). The average molecular weight is 289 g/mol. The molecule has 0 saturated heterocycles. The van der Waals surface area contributed by atoms with Crippen molar-refractivity contribution in [1.29, 1.82) is 0 Å². The summed E-state index contributed by atoms with van der Waals surface area (Å²) in [5, 5.41) is 3.17. The third kappa shape index (κ3) is 3.16. The van der Waals surface area contributed by atoms with Crippen molar-refractivity contribution >= 4 is 0 Å². The van der Waals surface area contributed by atoms with Crippen molar-refractivity contribution in [3.63, 3.8) is 0 Å². The molecule has 1 aromatic heterocycles. The Kier molecular flexibility index (Phi) is 4.73. The van der Waals surface area contributed by atoms with Crippen LogP contribution in [0.1, 0.15) is 44.5 Å². The van der Waals surface area contributed by atoms with Crippen molar-refractivity contribution in [1.82, 2.24) is 14.9 Å². The summed E-state index contributed by atoms with van der Waals surface area (Å²) in [4.78, 5) is 4.34. The Morgan fingerprint density at radius 3 is 2.80 bits per heavy atom. The minimum absolute atomic E-state index is 0.00641. The molecule has 0 spiro atoms. The van der Waals surface area contributed by atoms with Gasteiger partial charge in [-0.1, -0.05) is 6.42 Å². The van der Waals surface area contributed by atoms with Crippen LogP contribution in [0.3, 0.4) is 0 Å². The summed E-state index contributed by atoms with van der Waals surface area (Å²) in [6, 6.07) is -0.102. The Bertz CT molecular complexity index is 428. The van der Waals surface area contributed by atoms with Crippen molar-refractivity contribution in [3.05, 3.63) is 18.2 Å². The van der Waals surface area contributed by atoms with Gasteiger partial charge in [0.15, 0.2) is 0 Å². The summed E-state index contributed by atoms with van der Waals surface area (Å²) in [7, 11) is 1.80. The van der Waals surface area contributed by atoms with Gasteiger partial charge in [-0.05, 0) is 39.2 Å². The highest BCUT2D eigenvalue weighted by Crippen LogP contribution is 2.43. The highest BCUT2D eigenvalue weighted by atomic mass is 19.4. The number of imidazole rings is 1. The van der Waals surface area contributed by atoms with Crippen molar-refractivity contribution in [3.8, 4) is 0 Å². The van der Waals surface area contributed by atoms with E-state index in [4.69, 9.17) is 0 Å². The molecule has 1 saturated carbocycles. The molecule has 3 unspecified atom stereocenters. The Labute approximate surface area is 117 Å². The molecule has 6 heteroatoms. The van der Waals surface area contributed by atoms with Crippen LogP contribution in [0, 0.1) is 11.8 Å². The molecule has 1 heterocycles. The van der Waals surface area contributed by atoms with Crippen molar-refractivity contribution in [2.75, 3.05) is 7.05 Å². The lowest BCUT2D eigenvalue weighted by atomic mass is 9.77. The molecule has 1 aromatic rings. The molecule has 0 radical (unpaired) electrons. The zero-order valence-electron chi connectivity index (χ0n) is 12.0. The minimum atomic E-state index is -4.07. The highest BCUT2D eigenvalue weighted by Gasteiger charge is 2.44. The lowest BCUT2D eigenvalue weighted by Crippen LogP contribution is -2.35. The number of rotatable bonds is 4. The van der Waals surface area contributed by atoms with Crippen molar-refractivity contribution in [2.24, 2.45) is 11.8 Å². The van der Waals surface area contributed by atoms with E-state index >= 15 is 0 Å². The lowest BCUT2D eigenvalue weighted by molar-refractivity contribution is -0.186. The maximum Gasteiger partial charge on any atom is 0.391 e. The molecule has 0 bridgehead atoms. The van der Waals surface area contributed by atoms with Crippen LogP contribution in [-0.2, 0) is 6.54 Å². The SMILES string of the molecule is CCn1ccnc1C(NC)C1CCCC(C(F)(F)F)C1. The van der Waals surface area contributed by atoms with E-state index in [1.165, 1.54) is 0 Å². The van der Waals surface area contributed by atoms with E-state index in [-0.39, 0.29) is 24.8 Å². The van der Waals surface area contributed by atoms with E-state index in [0.717, 1.165) is 18.8 Å². The lowest BCUT2D eigenvalue weighted by Gasteiger charge is -2.35. The third-order valence-corrected chi connectivity index (χ3v) is 4.33. The summed E-state index contributed by atoms with van der Waals surface area (Å²) in [5.74, 6) is -0.321. The number of nitrogens with one attached hydrogen (secondary N) is 1. The summed E-state index contributed by atoms with van der Waals surface area (Å²) in [6.07, 6.45) is 1.45. The number of alkyl halides is 3. The zero-order valence-corrected chi connectivity index (χ0v) is 12.0. The van der Waals surface area contributed by atoms with Gasteiger partial charge in [0.1, 0.15) is 5.82 Å². The van der Waals surface area contributed by atoms with Crippen molar-refractivity contribution < 1.29 is 13.2 Å². The van der Waals surface area contributed by atoms with Gasteiger partial charge in [0.25, 0.3) is 0 Å². The molecular weight excluding hydrogens is 267 g/mol. The quantitative estimate of drug-likeness (QED) is 0.919. The van der Waals surface area contributed by atoms with E-state index in [9.17, 15) is 13.2 Å². The topological polar surface area (TPSA) is 29.9 Å². The molecule has 3 nitrogen and oxygen atoms in total. The van der Waals surface area contributed by atoms with Crippen LogP contribution in [-0.4, -0.2) is 22.8 Å². The van der Waals surface area contributed by atoms with Gasteiger partial charge in [-0.2, -0.15) is 13.2 Å². The van der Waals surface area contributed by atoms with Gasteiger partial charge < -0.3 is 9.88 Å². The summed E-state index contributed by atoms with van der Waals surface area (Å²) >= 11 is 0. The zero-order chi connectivity index (χ0) is 14.8. The van der Waals surface area contributed by atoms with Gasteiger partial charge in [-0.15, -0.1) is 0 Å². The first-order valence-corrected chi connectivity index (χ1v) is 7.22. The smallest absolute Gasteiger partial charge is 0.334 e. The largest absolute Gasteiger partial charge is 0.391 e. The molecular formula is C14H22F3N3. The monoisotopic (exact) mass is 289 g/mol. The maximum absolute atomic E-state index is 12.9. The van der Waals surface area contributed by atoms with Gasteiger partial charge in [0.05, 0.1) is 12.0 Å².